The number of hydrogen-bond donors (Lipinski definition) is 2. The second-order valence-electron chi connectivity index (χ2n) is 6.64. The molecular formula is C19H26Cl2N2O. The van der Waals surface area contributed by atoms with Crippen LogP contribution < -0.4 is 5.32 Å². The number of aromatic hydroxyl groups is 1. The number of nitrogens with one attached hydrogen (secondary N) is 1. The van der Waals surface area contributed by atoms with Crippen LogP contribution in [0, 0.1) is 5.92 Å². The average Bonchev–Trinajstić information content (AvgIpc) is 2.52. The summed E-state index contributed by atoms with van der Waals surface area (Å²) >= 11 is 0. The molecule has 1 heterocycles. The molecule has 1 aliphatic carbocycles. The Morgan fingerprint density at radius 1 is 1.00 bits per heavy atom. The predicted molar refractivity (Wildman–Crippen MR) is 105 cm³/mol. The number of benzene rings is 2. The van der Waals surface area contributed by atoms with Crippen LogP contribution >= 0.6 is 24.8 Å². The summed E-state index contributed by atoms with van der Waals surface area (Å²) in [6, 6.07) is 12.7. The fourth-order valence-corrected chi connectivity index (χ4v) is 4.03. The molecule has 5 heteroatoms. The first-order chi connectivity index (χ1) is 10.8. The number of nitrogens with zero attached hydrogens (tertiary/aromatic N) is 1. The van der Waals surface area contributed by atoms with Crippen LogP contribution in [0.15, 0.2) is 36.4 Å². The molecule has 2 aromatic carbocycles. The first-order valence-corrected chi connectivity index (χ1v) is 8.50. The summed E-state index contributed by atoms with van der Waals surface area (Å²) in [4.78, 5) is 2.59. The number of rotatable bonds is 3. The van der Waals surface area contributed by atoms with Crippen molar-refractivity contribution in [2.75, 3.05) is 26.2 Å². The molecule has 2 N–H and O–H groups in total. The lowest BCUT2D eigenvalue weighted by Gasteiger charge is -2.43. The molecule has 1 saturated heterocycles. The van der Waals surface area contributed by atoms with Gasteiger partial charge in [0.25, 0.3) is 0 Å². The van der Waals surface area contributed by atoms with Crippen LogP contribution in [0.3, 0.4) is 0 Å². The zero-order chi connectivity index (χ0) is 14.9. The van der Waals surface area contributed by atoms with Gasteiger partial charge in [0, 0.05) is 37.8 Å². The van der Waals surface area contributed by atoms with E-state index in [4.69, 9.17) is 0 Å². The van der Waals surface area contributed by atoms with Crippen LogP contribution in [0.4, 0.5) is 0 Å². The van der Waals surface area contributed by atoms with E-state index in [0.29, 0.717) is 17.7 Å². The van der Waals surface area contributed by atoms with Gasteiger partial charge in [-0.25, -0.2) is 0 Å². The topological polar surface area (TPSA) is 35.5 Å². The Balaban J connectivity index is 0.00000104. The zero-order valence-electron chi connectivity index (χ0n) is 13.8. The first-order valence-electron chi connectivity index (χ1n) is 8.50. The van der Waals surface area contributed by atoms with E-state index in [2.05, 4.69) is 34.5 Å². The second kappa shape index (κ2) is 8.39. The molecule has 0 aromatic heterocycles. The molecule has 0 amide bonds. The summed E-state index contributed by atoms with van der Waals surface area (Å²) in [6.07, 6.45) is 3.91. The Hall–Kier alpha value is -1.00. The zero-order valence-corrected chi connectivity index (χ0v) is 15.4. The van der Waals surface area contributed by atoms with E-state index in [1.165, 1.54) is 30.0 Å². The molecule has 2 fully saturated rings. The lowest BCUT2D eigenvalue weighted by Crippen LogP contribution is -2.47. The average molecular weight is 369 g/mol. The van der Waals surface area contributed by atoms with E-state index in [9.17, 15) is 5.11 Å². The van der Waals surface area contributed by atoms with E-state index in [-0.39, 0.29) is 24.8 Å². The van der Waals surface area contributed by atoms with E-state index in [1.807, 2.05) is 12.1 Å². The highest BCUT2D eigenvalue weighted by atomic mass is 35.5. The highest BCUT2D eigenvalue weighted by Gasteiger charge is 2.35. The number of hydrogen-bond acceptors (Lipinski definition) is 3. The van der Waals surface area contributed by atoms with Gasteiger partial charge in [-0.3, -0.25) is 4.90 Å². The number of phenolic OH excluding ortho intramolecular Hbond substituents is 1. The smallest absolute Gasteiger partial charge is 0.121 e. The van der Waals surface area contributed by atoms with E-state index in [1.54, 1.807) is 0 Å². The maximum absolute atomic E-state index is 10.6. The summed E-state index contributed by atoms with van der Waals surface area (Å²) in [5, 5.41) is 16.5. The summed E-state index contributed by atoms with van der Waals surface area (Å²) in [7, 11) is 0. The van der Waals surface area contributed by atoms with Gasteiger partial charge < -0.3 is 10.4 Å². The summed E-state index contributed by atoms with van der Waals surface area (Å²) in [6.45, 7) is 4.25. The van der Waals surface area contributed by atoms with Crippen molar-refractivity contribution in [2.24, 2.45) is 5.92 Å². The molecule has 24 heavy (non-hydrogen) atoms. The standard InChI is InChI=1S/C19H24N2O.2ClH/c22-17-9-8-14-4-1-2-7-16(14)18(17)19(15-5-3-6-15)21-12-10-20-11-13-21;;/h1-2,4,7-9,15,19-20,22H,3,5-6,10-13H2;2*1H/t19-;;/m1../s1. The van der Waals surface area contributed by atoms with E-state index in [0.717, 1.165) is 31.7 Å². The van der Waals surface area contributed by atoms with Gasteiger partial charge >= 0.3 is 0 Å². The molecule has 132 valence electrons. The molecule has 3 nitrogen and oxygen atoms in total. The third-order valence-electron chi connectivity index (χ3n) is 5.38. The molecule has 1 atom stereocenters. The third kappa shape index (κ3) is 3.50. The van der Waals surface area contributed by atoms with Gasteiger partial charge in [0.15, 0.2) is 0 Å². The minimum absolute atomic E-state index is 0. The van der Waals surface area contributed by atoms with Gasteiger partial charge in [0.2, 0.25) is 0 Å². The van der Waals surface area contributed by atoms with Crippen LogP contribution in [-0.4, -0.2) is 36.2 Å². The highest BCUT2D eigenvalue weighted by Crippen LogP contribution is 2.46. The van der Waals surface area contributed by atoms with E-state index >= 15 is 0 Å². The van der Waals surface area contributed by atoms with Gasteiger partial charge in [0.05, 0.1) is 0 Å². The van der Waals surface area contributed by atoms with Gasteiger partial charge in [-0.15, -0.1) is 24.8 Å². The number of fused-ring (bicyclic) bond motifs is 1. The van der Waals surface area contributed by atoms with Crippen molar-refractivity contribution in [3.63, 3.8) is 0 Å². The van der Waals surface area contributed by atoms with Gasteiger partial charge in [-0.1, -0.05) is 36.8 Å². The second-order valence-corrected chi connectivity index (χ2v) is 6.64. The van der Waals surface area contributed by atoms with Crippen LogP contribution in [0.2, 0.25) is 0 Å². The molecule has 0 spiro atoms. The monoisotopic (exact) mass is 368 g/mol. The summed E-state index contributed by atoms with van der Waals surface area (Å²) in [5.74, 6) is 1.16. The largest absolute Gasteiger partial charge is 0.508 e. The molecule has 2 aromatic rings. The Bertz CT molecular complexity index is 669. The Kier molecular flexibility index (Phi) is 6.76. The summed E-state index contributed by atoms with van der Waals surface area (Å²) in [5.41, 5.74) is 1.16. The SMILES string of the molecule is Cl.Cl.Oc1ccc2ccccc2c1[C@@H](C1CCC1)N1CCNCC1. The number of phenols is 1. The molecule has 1 saturated carbocycles. The quantitative estimate of drug-likeness (QED) is 0.854. The molecule has 0 unspecified atom stereocenters. The normalized spacial score (nSPS) is 19.8. The molecule has 4 rings (SSSR count). The lowest BCUT2D eigenvalue weighted by molar-refractivity contribution is 0.0829. The van der Waals surface area contributed by atoms with Crippen LogP contribution in [0.1, 0.15) is 30.9 Å². The molecule has 1 aliphatic heterocycles. The number of piperazine rings is 1. The molecule has 0 radical (unpaired) electrons. The van der Waals surface area contributed by atoms with Crippen molar-refractivity contribution in [3.05, 3.63) is 42.0 Å². The van der Waals surface area contributed by atoms with Crippen LogP contribution in [-0.2, 0) is 0 Å². The van der Waals surface area contributed by atoms with Crippen LogP contribution in [0.5, 0.6) is 5.75 Å². The Labute approximate surface area is 156 Å². The van der Waals surface area contributed by atoms with Crippen molar-refractivity contribution in [1.82, 2.24) is 10.2 Å². The minimum Gasteiger partial charge on any atom is -0.508 e. The van der Waals surface area contributed by atoms with Crippen molar-refractivity contribution in [1.29, 1.82) is 0 Å². The van der Waals surface area contributed by atoms with Crippen molar-refractivity contribution in [2.45, 2.75) is 25.3 Å². The van der Waals surface area contributed by atoms with Crippen molar-refractivity contribution >= 4 is 35.6 Å². The van der Waals surface area contributed by atoms with Gasteiger partial charge in [-0.05, 0) is 35.6 Å². The minimum atomic E-state index is 0. The van der Waals surface area contributed by atoms with E-state index < -0.39 is 0 Å². The van der Waals surface area contributed by atoms with Gasteiger partial charge in [-0.2, -0.15) is 0 Å². The molecular weight excluding hydrogens is 343 g/mol. The Morgan fingerprint density at radius 3 is 2.38 bits per heavy atom. The highest BCUT2D eigenvalue weighted by molar-refractivity contribution is 5.88. The fourth-order valence-electron chi connectivity index (χ4n) is 4.03. The maximum atomic E-state index is 10.6. The fraction of sp³-hybridized carbons (Fsp3) is 0.474. The predicted octanol–water partition coefficient (Wildman–Crippen LogP) is 4.14. The van der Waals surface area contributed by atoms with Crippen molar-refractivity contribution in [3.8, 4) is 5.75 Å². The maximum Gasteiger partial charge on any atom is 0.121 e. The lowest BCUT2D eigenvalue weighted by atomic mass is 9.75. The first kappa shape index (κ1) is 19.3. The molecule has 0 bridgehead atoms. The molecule has 2 aliphatic rings. The van der Waals surface area contributed by atoms with Crippen LogP contribution in [0.25, 0.3) is 10.8 Å². The third-order valence-corrected chi connectivity index (χ3v) is 5.38. The summed E-state index contributed by atoms with van der Waals surface area (Å²) < 4.78 is 0. The number of halogens is 2. The Morgan fingerprint density at radius 2 is 1.71 bits per heavy atom. The van der Waals surface area contributed by atoms with Gasteiger partial charge in [0.1, 0.15) is 5.75 Å². The van der Waals surface area contributed by atoms with Crippen molar-refractivity contribution < 1.29 is 5.11 Å².